The molecule has 0 aromatic carbocycles. The molecule has 0 spiro atoms. The van der Waals surface area contributed by atoms with Crippen molar-refractivity contribution in [2.75, 3.05) is 19.8 Å². The molecule has 0 aliphatic carbocycles. The molecule has 2 N–H and O–H groups in total. The first-order chi connectivity index (χ1) is 6.20. The van der Waals surface area contributed by atoms with E-state index in [0.29, 0.717) is 12.5 Å². The summed E-state index contributed by atoms with van der Waals surface area (Å²) in [5.41, 5.74) is 5.35. The lowest BCUT2D eigenvalue weighted by molar-refractivity contribution is -0.147. The number of rotatable bonds is 3. The van der Waals surface area contributed by atoms with E-state index in [4.69, 9.17) is 15.2 Å². The van der Waals surface area contributed by atoms with Crippen LogP contribution in [0.5, 0.6) is 0 Å². The summed E-state index contributed by atoms with van der Waals surface area (Å²) >= 11 is 0. The summed E-state index contributed by atoms with van der Waals surface area (Å²) in [7, 11) is 0. The zero-order valence-corrected chi connectivity index (χ0v) is 7.99. The van der Waals surface area contributed by atoms with E-state index in [1.165, 1.54) is 0 Å². The molecule has 0 amide bonds. The molecule has 4 heteroatoms. The highest BCUT2D eigenvalue weighted by atomic mass is 16.5. The minimum Gasteiger partial charge on any atom is -0.464 e. The molecule has 0 aromatic heterocycles. The highest BCUT2D eigenvalue weighted by Gasteiger charge is 2.16. The molecule has 76 valence electrons. The van der Waals surface area contributed by atoms with E-state index in [9.17, 15) is 4.79 Å². The Bertz CT molecular complexity index is 164. The van der Waals surface area contributed by atoms with Crippen LogP contribution in [-0.4, -0.2) is 31.8 Å². The number of hydrogen-bond donors (Lipinski definition) is 1. The van der Waals surface area contributed by atoms with E-state index < -0.39 is 6.04 Å². The first-order valence-corrected chi connectivity index (χ1v) is 4.70. The van der Waals surface area contributed by atoms with Crippen LogP contribution < -0.4 is 5.73 Å². The lowest BCUT2D eigenvalue weighted by Gasteiger charge is -2.21. The van der Waals surface area contributed by atoms with Gasteiger partial charge in [0.2, 0.25) is 0 Å². The van der Waals surface area contributed by atoms with E-state index in [2.05, 4.69) is 0 Å². The number of carbonyl (C=O) groups excluding carboxylic acids is 1. The van der Waals surface area contributed by atoms with Crippen LogP contribution in [-0.2, 0) is 14.3 Å². The molecule has 1 aliphatic rings. The quantitative estimate of drug-likeness (QED) is 0.646. The largest absolute Gasteiger partial charge is 0.464 e. The van der Waals surface area contributed by atoms with Crippen LogP contribution in [0.1, 0.15) is 19.8 Å². The minimum atomic E-state index is -0.514. The van der Waals surface area contributed by atoms with Gasteiger partial charge < -0.3 is 15.2 Å². The summed E-state index contributed by atoms with van der Waals surface area (Å²) in [6.45, 7) is 3.68. The molecule has 1 atom stereocenters. The fourth-order valence-electron chi connectivity index (χ4n) is 1.24. The molecule has 1 rings (SSSR count). The second-order valence-electron chi connectivity index (χ2n) is 3.47. The predicted molar refractivity (Wildman–Crippen MR) is 48.2 cm³/mol. The fraction of sp³-hybridized carbons (Fsp3) is 0.889. The Kier molecular flexibility index (Phi) is 4.18. The molecule has 0 saturated carbocycles. The van der Waals surface area contributed by atoms with Crippen molar-refractivity contribution >= 4 is 5.97 Å². The summed E-state index contributed by atoms with van der Waals surface area (Å²) in [6, 6.07) is -0.514. The van der Waals surface area contributed by atoms with Crippen LogP contribution >= 0.6 is 0 Å². The van der Waals surface area contributed by atoms with Gasteiger partial charge in [0.1, 0.15) is 6.04 Å². The van der Waals surface area contributed by atoms with E-state index in [-0.39, 0.29) is 5.97 Å². The number of hydrogen-bond acceptors (Lipinski definition) is 4. The molecular formula is C9H17NO3. The lowest BCUT2D eigenvalue weighted by atomic mass is 10.0. The molecule has 1 heterocycles. The number of nitrogens with two attached hydrogens (primary N) is 1. The molecular weight excluding hydrogens is 170 g/mol. The Labute approximate surface area is 78.4 Å². The standard InChI is InChI=1S/C9H17NO3/c1-7(10)9(11)13-6-8-2-4-12-5-3-8/h7-8H,2-6,10H2,1H3/t7-/m1/s1. The van der Waals surface area contributed by atoms with Crippen LogP contribution in [0.2, 0.25) is 0 Å². The van der Waals surface area contributed by atoms with Crippen molar-refractivity contribution in [3.63, 3.8) is 0 Å². The minimum absolute atomic E-state index is 0.313. The molecule has 1 fully saturated rings. The Hall–Kier alpha value is -0.610. The first kappa shape index (κ1) is 10.5. The number of esters is 1. The maximum atomic E-state index is 11.0. The van der Waals surface area contributed by atoms with Crippen LogP contribution in [0.25, 0.3) is 0 Å². The SMILES string of the molecule is C[C@@H](N)C(=O)OCC1CCOCC1. The predicted octanol–water partition coefficient (Wildman–Crippen LogP) is 0.303. The van der Waals surface area contributed by atoms with Gasteiger partial charge in [0.05, 0.1) is 6.61 Å². The van der Waals surface area contributed by atoms with Crippen molar-refractivity contribution in [2.24, 2.45) is 11.7 Å². The molecule has 0 unspecified atom stereocenters. The number of carbonyl (C=O) groups is 1. The zero-order chi connectivity index (χ0) is 9.68. The maximum absolute atomic E-state index is 11.0. The number of ether oxygens (including phenoxy) is 2. The van der Waals surface area contributed by atoms with Gasteiger partial charge in [-0.2, -0.15) is 0 Å². The monoisotopic (exact) mass is 187 g/mol. The zero-order valence-electron chi connectivity index (χ0n) is 7.99. The van der Waals surface area contributed by atoms with Gasteiger partial charge >= 0.3 is 5.97 Å². The van der Waals surface area contributed by atoms with Gasteiger partial charge in [0.15, 0.2) is 0 Å². The summed E-state index contributed by atoms with van der Waals surface area (Å²) in [5, 5.41) is 0. The summed E-state index contributed by atoms with van der Waals surface area (Å²) in [5.74, 6) is 0.142. The molecule has 1 saturated heterocycles. The molecule has 0 aromatic rings. The van der Waals surface area contributed by atoms with E-state index in [1.54, 1.807) is 6.92 Å². The first-order valence-electron chi connectivity index (χ1n) is 4.70. The van der Waals surface area contributed by atoms with Crippen molar-refractivity contribution in [1.82, 2.24) is 0 Å². The van der Waals surface area contributed by atoms with Gasteiger partial charge in [-0.25, -0.2) is 0 Å². The third kappa shape index (κ3) is 3.74. The summed E-state index contributed by atoms with van der Waals surface area (Å²) < 4.78 is 10.2. The highest BCUT2D eigenvalue weighted by Crippen LogP contribution is 2.14. The maximum Gasteiger partial charge on any atom is 0.322 e. The third-order valence-corrected chi connectivity index (χ3v) is 2.17. The van der Waals surface area contributed by atoms with Crippen LogP contribution in [0.3, 0.4) is 0 Å². The lowest BCUT2D eigenvalue weighted by Crippen LogP contribution is -2.31. The summed E-state index contributed by atoms with van der Waals surface area (Å²) in [4.78, 5) is 11.0. The third-order valence-electron chi connectivity index (χ3n) is 2.17. The van der Waals surface area contributed by atoms with Crippen molar-refractivity contribution in [3.05, 3.63) is 0 Å². The van der Waals surface area contributed by atoms with Crippen molar-refractivity contribution < 1.29 is 14.3 Å². The van der Waals surface area contributed by atoms with E-state index in [1.807, 2.05) is 0 Å². The molecule has 13 heavy (non-hydrogen) atoms. The van der Waals surface area contributed by atoms with Crippen molar-refractivity contribution in [1.29, 1.82) is 0 Å². The highest BCUT2D eigenvalue weighted by molar-refractivity contribution is 5.74. The second-order valence-corrected chi connectivity index (χ2v) is 3.47. The Morgan fingerprint density at radius 3 is 2.77 bits per heavy atom. The van der Waals surface area contributed by atoms with Crippen LogP contribution in [0.4, 0.5) is 0 Å². The molecule has 0 radical (unpaired) electrons. The average Bonchev–Trinajstić information content (AvgIpc) is 2.15. The topological polar surface area (TPSA) is 61.6 Å². The van der Waals surface area contributed by atoms with E-state index in [0.717, 1.165) is 26.1 Å². The molecule has 0 bridgehead atoms. The average molecular weight is 187 g/mol. The molecule has 4 nitrogen and oxygen atoms in total. The van der Waals surface area contributed by atoms with Crippen molar-refractivity contribution in [3.8, 4) is 0 Å². The Balaban J connectivity index is 2.13. The van der Waals surface area contributed by atoms with E-state index >= 15 is 0 Å². The van der Waals surface area contributed by atoms with Gasteiger partial charge in [-0.3, -0.25) is 4.79 Å². The van der Waals surface area contributed by atoms with Gasteiger partial charge in [0.25, 0.3) is 0 Å². The smallest absolute Gasteiger partial charge is 0.322 e. The second kappa shape index (κ2) is 5.19. The Morgan fingerprint density at radius 2 is 2.23 bits per heavy atom. The normalized spacial score (nSPS) is 21.1. The van der Waals surface area contributed by atoms with Gasteiger partial charge in [-0.15, -0.1) is 0 Å². The van der Waals surface area contributed by atoms with Crippen LogP contribution in [0, 0.1) is 5.92 Å². The fourth-order valence-corrected chi connectivity index (χ4v) is 1.24. The Morgan fingerprint density at radius 1 is 1.62 bits per heavy atom. The summed E-state index contributed by atoms with van der Waals surface area (Å²) in [6.07, 6.45) is 1.96. The van der Waals surface area contributed by atoms with Crippen LogP contribution in [0.15, 0.2) is 0 Å². The van der Waals surface area contributed by atoms with Crippen molar-refractivity contribution in [2.45, 2.75) is 25.8 Å². The molecule has 1 aliphatic heterocycles. The van der Waals surface area contributed by atoms with Gasteiger partial charge in [-0.05, 0) is 25.7 Å². The van der Waals surface area contributed by atoms with Gasteiger partial charge in [-0.1, -0.05) is 0 Å². The van der Waals surface area contributed by atoms with Gasteiger partial charge in [0, 0.05) is 13.2 Å².